The van der Waals surface area contributed by atoms with Crippen molar-refractivity contribution in [3.63, 3.8) is 0 Å². The number of nitrogens with zero attached hydrogens (tertiary/aromatic N) is 2. The van der Waals surface area contributed by atoms with Gasteiger partial charge in [0.1, 0.15) is 5.75 Å². The van der Waals surface area contributed by atoms with Crippen LogP contribution in [0.15, 0.2) is 48.8 Å². The lowest BCUT2D eigenvalue weighted by molar-refractivity contribution is -0.123. The number of rotatable bonds is 6. The van der Waals surface area contributed by atoms with Crippen LogP contribution in [-0.4, -0.2) is 37.1 Å². The molecule has 0 aliphatic carbocycles. The van der Waals surface area contributed by atoms with Crippen molar-refractivity contribution in [2.24, 2.45) is 5.92 Å². The molecule has 132 valence electrons. The van der Waals surface area contributed by atoms with E-state index in [2.05, 4.69) is 15.2 Å². The highest BCUT2D eigenvalue weighted by molar-refractivity contribution is 5.77. The number of carbonyl (C=O) groups excluding carboxylic acids is 1. The molecule has 0 unspecified atom stereocenters. The van der Waals surface area contributed by atoms with Gasteiger partial charge in [0.15, 0.2) is 6.61 Å². The van der Waals surface area contributed by atoms with Gasteiger partial charge in [-0.25, -0.2) is 0 Å². The number of hydrogen-bond acceptors (Lipinski definition) is 4. The van der Waals surface area contributed by atoms with Crippen LogP contribution in [-0.2, 0) is 4.79 Å². The van der Waals surface area contributed by atoms with Gasteiger partial charge >= 0.3 is 0 Å². The topological polar surface area (TPSA) is 54.5 Å². The maximum Gasteiger partial charge on any atom is 0.257 e. The molecule has 1 fully saturated rings. The van der Waals surface area contributed by atoms with Gasteiger partial charge in [0, 0.05) is 37.7 Å². The Morgan fingerprint density at radius 1 is 1.24 bits per heavy atom. The number of piperidine rings is 1. The summed E-state index contributed by atoms with van der Waals surface area (Å²) in [5.41, 5.74) is 2.35. The zero-order valence-electron chi connectivity index (χ0n) is 14.6. The quantitative estimate of drug-likeness (QED) is 0.879. The summed E-state index contributed by atoms with van der Waals surface area (Å²) in [5, 5.41) is 3.00. The van der Waals surface area contributed by atoms with Crippen molar-refractivity contribution < 1.29 is 9.53 Å². The van der Waals surface area contributed by atoms with Gasteiger partial charge < -0.3 is 15.0 Å². The highest BCUT2D eigenvalue weighted by Gasteiger charge is 2.19. The van der Waals surface area contributed by atoms with Gasteiger partial charge in [0.2, 0.25) is 0 Å². The van der Waals surface area contributed by atoms with Crippen LogP contribution in [0.2, 0.25) is 0 Å². The standard InChI is InChI=1S/C20H25N3O2/c1-16-3-2-4-19(13-16)25-15-20(24)22-14-17-7-11-23(12-8-17)18-5-9-21-10-6-18/h2-6,9-10,13,17H,7-8,11-12,14-15H2,1H3,(H,22,24). The van der Waals surface area contributed by atoms with Crippen molar-refractivity contribution in [1.29, 1.82) is 0 Å². The maximum absolute atomic E-state index is 12.0. The lowest BCUT2D eigenvalue weighted by Gasteiger charge is -2.33. The summed E-state index contributed by atoms with van der Waals surface area (Å²) in [4.78, 5) is 18.4. The Hall–Kier alpha value is -2.56. The molecule has 1 aliphatic rings. The second-order valence-electron chi connectivity index (χ2n) is 6.55. The number of anilines is 1. The van der Waals surface area contributed by atoms with E-state index in [1.165, 1.54) is 5.69 Å². The van der Waals surface area contributed by atoms with Gasteiger partial charge in [-0.15, -0.1) is 0 Å². The van der Waals surface area contributed by atoms with E-state index in [0.29, 0.717) is 5.92 Å². The molecular weight excluding hydrogens is 314 g/mol. The van der Waals surface area contributed by atoms with Crippen LogP contribution in [0.25, 0.3) is 0 Å². The van der Waals surface area contributed by atoms with Crippen molar-refractivity contribution in [2.75, 3.05) is 31.1 Å². The van der Waals surface area contributed by atoms with Gasteiger partial charge in [0.05, 0.1) is 0 Å². The van der Waals surface area contributed by atoms with E-state index >= 15 is 0 Å². The summed E-state index contributed by atoms with van der Waals surface area (Å²) in [6.07, 6.45) is 5.83. The van der Waals surface area contributed by atoms with Crippen LogP contribution in [0, 0.1) is 12.8 Å². The molecule has 0 bridgehead atoms. The number of benzene rings is 1. The zero-order chi connectivity index (χ0) is 17.5. The van der Waals surface area contributed by atoms with Crippen LogP contribution in [0.3, 0.4) is 0 Å². The molecule has 1 saturated heterocycles. The average Bonchev–Trinajstić information content (AvgIpc) is 2.66. The van der Waals surface area contributed by atoms with Crippen LogP contribution >= 0.6 is 0 Å². The minimum absolute atomic E-state index is 0.0573. The third-order valence-electron chi connectivity index (χ3n) is 4.59. The number of nitrogens with one attached hydrogen (secondary N) is 1. The third kappa shape index (κ3) is 5.21. The molecule has 3 rings (SSSR count). The summed E-state index contributed by atoms with van der Waals surface area (Å²) < 4.78 is 5.54. The largest absolute Gasteiger partial charge is 0.484 e. The van der Waals surface area contributed by atoms with Crippen LogP contribution < -0.4 is 15.0 Å². The SMILES string of the molecule is Cc1cccc(OCC(=O)NCC2CCN(c3ccncc3)CC2)c1. The fourth-order valence-corrected chi connectivity index (χ4v) is 3.11. The van der Waals surface area contributed by atoms with Gasteiger partial charge in [0.25, 0.3) is 5.91 Å². The van der Waals surface area contributed by atoms with E-state index < -0.39 is 0 Å². The molecule has 1 amide bonds. The number of hydrogen-bond donors (Lipinski definition) is 1. The fraction of sp³-hybridized carbons (Fsp3) is 0.400. The summed E-state index contributed by atoms with van der Waals surface area (Å²) in [6.45, 7) is 4.83. The van der Waals surface area contributed by atoms with Crippen LogP contribution in [0.1, 0.15) is 18.4 Å². The first-order valence-electron chi connectivity index (χ1n) is 8.82. The first-order valence-corrected chi connectivity index (χ1v) is 8.82. The van der Waals surface area contributed by atoms with E-state index in [-0.39, 0.29) is 12.5 Å². The van der Waals surface area contributed by atoms with E-state index in [0.717, 1.165) is 43.8 Å². The van der Waals surface area contributed by atoms with Crippen molar-refractivity contribution in [2.45, 2.75) is 19.8 Å². The predicted octanol–water partition coefficient (Wildman–Crippen LogP) is 2.80. The van der Waals surface area contributed by atoms with Crippen LogP contribution in [0.4, 0.5) is 5.69 Å². The summed E-state index contributed by atoms with van der Waals surface area (Å²) >= 11 is 0. The highest BCUT2D eigenvalue weighted by Crippen LogP contribution is 2.22. The van der Waals surface area contributed by atoms with Gasteiger partial charge in [-0.3, -0.25) is 9.78 Å². The predicted molar refractivity (Wildman–Crippen MR) is 98.9 cm³/mol. The van der Waals surface area contributed by atoms with Gasteiger partial charge in [-0.05, 0) is 55.5 Å². The number of carbonyl (C=O) groups is 1. The Labute approximate surface area is 149 Å². The Kier molecular flexibility index (Phi) is 5.88. The van der Waals surface area contributed by atoms with Crippen LogP contribution in [0.5, 0.6) is 5.75 Å². The summed E-state index contributed by atoms with van der Waals surface area (Å²) in [6, 6.07) is 11.8. The lowest BCUT2D eigenvalue weighted by atomic mass is 9.96. The zero-order valence-corrected chi connectivity index (χ0v) is 14.6. The molecule has 0 atom stereocenters. The average molecular weight is 339 g/mol. The second-order valence-corrected chi connectivity index (χ2v) is 6.55. The minimum Gasteiger partial charge on any atom is -0.484 e. The molecule has 0 saturated carbocycles. The number of amides is 1. The van der Waals surface area contributed by atoms with Crippen molar-refractivity contribution in [3.05, 3.63) is 54.4 Å². The monoisotopic (exact) mass is 339 g/mol. The normalized spacial score (nSPS) is 15.0. The molecule has 1 aromatic heterocycles. The Morgan fingerprint density at radius 2 is 2.00 bits per heavy atom. The lowest BCUT2D eigenvalue weighted by Crippen LogP contribution is -2.39. The smallest absolute Gasteiger partial charge is 0.257 e. The number of aryl methyl sites for hydroxylation is 1. The number of ether oxygens (including phenoxy) is 1. The van der Waals surface area contributed by atoms with E-state index in [1.54, 1.807) is 0 Å². The Morgan fingerprint density at radius 3 is 2.72 bits per heavy atom. The molecular formula is C20H25N3O2. The molecule has 1 N–H and O–H groups in total. The molecule has 5 nitrogen and oxygen atoms in total. The molecule has 0 spiro atoms. The van der Waals surface area contributed by atoms with Crippen molar-refractivity contribution >= 4 is 11.6 Å². The third-order valence-corrected chi connectivity index (χ3v) is 4.59. The Balaban J connectivity index is 1.36. The fourth-order valence-electron chi connectivity index (χ4n) is 3.11. The molecule has 0 radical (unpaired) electrons. The summed E-state index contributed by atoms with van der Waals surface area (Å²) in [5.74, 6) is 1.21. The molecule has 2 aromatic rings. The molecule has 25 heavy (non-hydrogen) atoms. The first-order chi connectivity index (χ1) is 12.2. The van der Waals surface area contributed by atoms with Gasteiger partial charge in [-0.2, -0.15) is 0 Å². The molecule has 1 aromatic carbocycles. The summed E-state index contributed by atoms with van der Waals surface area (Å²) in [7, 11) is 0. The van der Waals surface area contributed by atoms with E-state index in [1.807, 2.05) is 55.7 Å². The highest BCUT2D eigenvalue weighted by atomic mass is 16.5. The van der Waals surface area contributed by atoms with Crippen molar-refractivity contribution in [1.82, 2.24) is 10.3 Å². The molecule has 1 aliphatic heterocycles. The first kappa shape index (κ1) is 17.3. The van der Waals surface area contributed by atoms with E-state index in [9.17, 15) is 4.79 Å². The van der Waals surface area contributed by atoms with Gasteiger partial charge in [-0.1, -0.05) is 12.1 Å². The molecule has 2 heterocycles. The number of aromatic nitrogens is 1. The Bertz CT molecular complexity index is 682. The van der Waals surface area contributed by atoms with E-state index in [4.69, 9.17) is 4.74 Å². The second kappa shape index (κ2) is 8.51. The molecule has 5 heteroatoms. The maximum atomic E-state index is 12.0. The van der Waals surface area contributed by atoms with Crippen molar-refractivity contribution in [3.8, 4) is 5.75 Å². The number of pyridine rings is 1. The minimum atomic E-state index is -0.0573.